The molecule has 1 fully saturated rings. The molecule has 7 heteroatoms. The minimum absolute atomic E-state index is 0.111. The number of hydrogen-bond acceptors (Lipinski definition) is 5. The average molecular weight is 371 g/mol. The van der Waals surface area contributed by atoms with Crippen LogP contribution in [0.4, 0.5) is 0 Å². The summed E-state index contributed by atoms with van der Waals surface area (Å²) in [6.07, 6.45) is 0.783. The Kier molecular flexibility index (Phi) is 5.78. The maximum atomic E-state index is 12.7. The zero-order valence-corrected chi connectivity index (χ0v) is 15.9. The summed E-state index contributed by atoms with van der Waals surface area (Å²) in [6.45, 7) is 4.85. The number of rotatable bonds is 6. The fourth-order valence-electron chi connectivity index (χ4n) is 3.37. The summed E-state index contributed by atoms with van der Waals surface area (Å²) in [5.74, 6) is 1.34. The van der Waals surface area contributed by atoms with Gasteiger partial charge in [-0.25, -0.2) is 0 Å². The molecule has 1 aromatic heterocycles. The lowest BCUT2D eigenvalue weighted by Crippen LogP contribution is -2.46. The molecule has 1 aromatic carbocycles. The smallest absolute Gasteiger partial charge is 0.243 e. The van der Waals surface area contributed by atoms with Crippen LogP contribution in [0.3, 0.4) is 0 Å². The summed E-state index contributed by atoms with van der Waals surface area (Å²) in [7, 11) is 1.61. The molecule has 2 atom stereocenters. The minimum Gasteiger partial charge on any atom is -0.497 e. The second-order valence-corrected chi connectivity index (χ2v) is 7.08. The molecule has 144 valence electrons. The number of carbonyl (C=O) groups is 2. The van der Waals surface area contributed by atoms with E-state index in [1.807, 2.05) is 31.2 Å². The molecule has 0 bridgehead atoms. The summed E-state index contributed by atoms with van der Waals surface area (Å²) in [5.41, 5.74) is 1.71. The molecule has 0 spiro atoms. The number of nitrogens with one attached hydrogen (secondary N) is 1. The van der Waals surface area contributed by atoms with Crippen LogP contribution >= 0.6 is 0 Å². The Labute approximate surface area is 158 Å². The van der Waals surface area contributed by atoms with E-state index in [1.165, 1.54) is 0 Å². The molecule has 0 radical (unpaired) electrons. The van der Waals surface area contributed by atoms with Gasteiger partial charge in [0.15, 0.2) is 0 Å². The number of ether oxygens (including phenoxy) is 1. The van der Waals surface area contributed by atoms with Gasteiger partial charge in [-0.2, -0.15) is 0 Å². The number of aromatic nitrogens is 1. The normalized spacial score (nSPS) is 19.1. The first kappa shape index (κ1) is 18.9. The first-order valence-corrected chi connectivity index (χ1v) is 9.08. The number of hydrogen-bond donors (Lipinski definition) is 1. The van der Waals surface area contributed by atoms with Gasteiger partial charge in [-0.3, -0.25) is 9.59 Å². The zero-order valence-electron chi connectivity index (χ0n) is 15.9. The highest BCUT2D eigenvalue weighted by atomic mass is 16.5. The second-order valence-electron chi connectivity index (χ2n) is 7.08. The molecule has 0 unspecified atom stereocenters. The standard InChI is InChI=1S/C20H25N3O4/c1-13-8-18(20(25)21-11-15-4-6-16(26-3)7-5-15)23(12-13)19(24)10-17-9-14(2)22-27-17/h4-7,9,13,18H,8,10-12H2,1-3H3,(H,21,25)/t13-,18+/m1/s1. The van der Waals surface area contributed by atoms with E-state index in [2.05, 4.69) is 17.4 Å². The molecule has 1 N–H and O–H groups in total. The zero-order chi connectivity index (χ0) is 19.4. The van der Waals surface area contributed by atoms with Crippen LogP contribution in [0.2, 0.25) is 0 Å². The summed E-state index contributed by atoms with van der Waals surface area (Å²) < 4.78 is 10.3. The molecule has 3 rings (SSSR count). The van der Waals surface area contributed by atoms with Crippen LogP contribution in [0, 0.1) is 12.8 Å². The van der Waals surface area contributed by atoms with E-state index in [9.17, 15) is 9.59 Å². The van der Waals surface area contributed by atoms with Crippen molar-refractivity contribution in [3.05, 3.63) is 47.3 Å². The number of methoxy groups -OCH3 is 1. The Morgan fingerprint density at radius 1 is 1.33 bits per heavy atom. The Hall–Kier alpha value is -2.83. The van der Waals surface area contributed by atoms with E-state index in [0.29, 0.717) is 25.3 Å². The summed E-state index contributed by atoms with van der Waals surface area (Å²) in [6, 6.07) is 8.82. The first-order valence-electron chi connectivity index (χ1n) is 9.08. The summed E-state index contributed by atoms with van der Waals surface area (Å²) >= 11 is 0. The largest absolute Gasteiger partial charge is 0.497 e. The predicted molar refractivity (Wildman–Crippen MR) is 99.1 cm³/mol. The van der Waals surface area contributed by atoms with E-state index in [0.717, 1.165) is 17.0 Å². The number of aryl methyl sites for hydroxylation is 1. The molecule has 2 heterocycles. The van der Waals surface area contributed by atoms with Crippen molar-refractivity contribution in [2.75, 3.05) is 13.7 Å². The molecule has 1 aliphatic heterocycles. The molecular weight excluding hydrogens is 346 g/mol. The topological polar surface area (TPSA) is 84.7 Å². The molecule has 2 aromatic rings. The molecule has 1 saturated heterocycles. The maximum Gasteiger partial charge on any atom is 0.243 e. The van der Waals surface area contributed by atoms with Crippen molar-refractivity contribution in [1.82, 2.24) is 15.4 Å². The van der Waals surface area contributed by atoms with Crippen molar-refractivity contribution in [2.24, 2.45) is 5.92 Å². The van der Waals surface area contributed by atoms with Crippen molar-refractivity contribution in [3.8, 4) is 5.75 Å². The molecule has 2 amide bonds. The maximum absolute atomic E-state index is 12.7. The number of benzene rings is 1. The van der Waals surface area contributed by atoms with Crippen LogP contribution in [0.15, 0.2) is 34.9 Å². The number of carbonyl (C=O) groups excluding carboxylic acids is 2. The van der Waals surface area contributed by atoms with Crippen LogP contribution in [0.5, 0.6) is 5.75 Å². The highest BCUT2D eigenvalue weighted by molar-refractivity contribution is 5.88. The van der Waals surface area contributed by atoms with Gasteiger partial charge < -0.3 is 19.5 Å². The SMILES string of the molecule is COc1ccc(CNC(=O)[C@@H]2C[C@@H](C)CN2C(=O)Cc2cc(C)no2)cc1. The van der Waals surface area contributed by atoms with Gasteiger partial charge in [-0.05, 0) is 37.0 Å². The lowest BCUT2D eigenvalue weighted by atomic mass is 10.1. The Bertz CT molecular complexity index is 800. The Balaban J connectivity index is 1.60. The third kappa shape index (κ3) is 4.67. The van der Waals surface area contributed by atoms with E-state index < -0.39 is 6.04 Å². The summed E-state index contributed by atoms with van der Waals surface area (Å²) in [5, 5.41) is 6.75. The van der Waals surface area contributed by atoms with Gasteiger partial charge in [-0.15, -0.1) is 0 Å². The van der Waals surface area contributed by atoms with Gasteiger partial charge in [0, 0.05) is 19.2 Å². The third-order valence-corrected chi connectivity index (χ3v) is 4.76. The lowest BCUT2D eigenvalue weighted by Gasteiger charge is -2.23. The fourth-order valence-corrected chi connectivity index (χ4v) is 3.37. The minimum atomic E-state index is -0.449. The highest BCUT2D eigenvalue weighted by Gasteiger charge is 2.37. The Morgan fingerprint density at radius 3 is 2.70 bits per heavy atom. The average Bonchev–Trinajstić information content (AvgIpc) is 3.25. The molecule has 27 heavy (non-hydrogen) atoms. The molecule has 1 aliphatic rings. The third-order valence-electron chi connectivity index (χ3n) is 4.76. The van der Waals surface area contributed by atoms with Crippen molar-refractivity contribution < 1.29 is 18.8 Å². The number of amides is 2. The van der Waals surface area contributed by atoms with E-state index in [1.54, 1.807) is 18.1 Å². The first-order chi connectivity index (χ1) is 13.0. The van der Waals surface area contributed by atoms with E-state index >= 15 is 0 Å². The lowest BCUT2D eigenvalue weighted by molar-refractivity contribution is -0.138. The van der Waals surface area contributed by atoms with Gasteiger partial charge in [0.25, 0.3) is 0 Å². The molecular formula is C20H25N3O4. The summed E-state index contributed by atoms with van der Waals surface area (Å²) in [4.78, 5) is 27.0. The predicted octanol–water partition coefficient (Wildman–Crippen LogP) is 2.09. The monoisotopic (exact) mass is 371 g/mol. The molecule has 0 aliphatic carbocycles. The second kappa shape index (κ2) is 8.24. The van der Waals surface area contributed by atoms with Crippen LogP contribution in [-0.4, -0.2) is 41.6 Å². The Morgan fingerprint density at radius 2 is 2.07 bits per heavy atom. The van der Waals surface area contributed by atoms with Gasteiger partial charge in [0.2, 0.25) is 11.8 Å². The van der Waals surface area contributed by atoms with Crippen LogP contribution in [0.25, 0.3) is 0 Å². The quantitative estimate of drug-likeness (QED) is 0.840. The van der Waals surface area contributed by atoms with Gasteiger partial charge in [0.1, 0.15) is 17.6 Å². The van der Waals surface area contributed by atoms with Crippen LogP contribution in [0.1, 0.15) is 30.4 Å². The van der Waals surface area contributed by atoms with Crippen molar-refractivity contribution in [1.29, 1.82) is 0 Å². The van der Waals surface area contributed by atoms with E-state index in [4.69, 9.17) is 9.26 Å². The molecule has 7 nitrogen and oxygen atoms in total. The van der Waals surface area contributed by atoms with Crippen molar-refractivity contribution in [3.63, 3.8) is 0 Å². The molecule has 0 saturated carbocycles. The van der Waals surface area contributed by atoms with Crippen molar-refractivity contribution in [2.45, 2.75) is 39.3 Å². The fraction of sp³-hybridized carbons (Fsp3) is 0.450. The van der Waals surface area contributed by atoms with Gasteiger partial charge >= 0.3 is 0 Å². The van der Waals surface area contributed by atoms with Gasteiger partial charge in [0.05, 0.1) is 19.2 Å². The number of likely N-dealkylation sites (tertiary alicyclic amines) is 1. The van der Waals surface area contributed by atoms with E-state index in [-0.39, 0.29) is 24.2 Å². The van der Waals surface area contributed by atoms with Crippen LogP contribution in [-0.2, 0) is 22.6 Å². The van der Waals surface area contributed by atoms with Crippen molar-refractivity contribution >= 4 is 11.8 Å². The number of nitrogens with zero attached hydrogens (tertiary/aromatic N) is 2. The van der Waals surface area contributed by atoms with Crippen LogP contribution < -0.4 is 10.1 Å². The van der Waals surface area contributed by atoms with Gasteiger partial charge in [-0.1, -0.05) is 24.2 Å². The highest BCUT2D eigenvalue weighted by Crippen LogP contribution is 2.24.